The Hall–Kier alpha value is -0.870. The monoisotopic (exact) mass is 292 g/mol. The highest BCUT2D eigenvalue weighted by Gasteiger charge is 2.17. The molecule has 1 N–H and O–H groups in total. The lowest BCUT2D eigenvalue weighted by Gasteiger charge is -2.28. The first-order valence-corrected chi connectivity index (χ1v) is 8.73. The largest absolute Gasteiger partial charge is 0.317 e. The van der Waals surface area contributed by atoms with Crippen LogP contribution in [0.15, 0.2) is 12.3 Å². The topological polar surface area (TPSA) is 33.1 Å². The molecule has 0 radical (unpaired) electrons. The number of aromatic nitrogens is 2. The molecule has 0 aliphatic carbocycles. The zero-order valence-electron chi connectivity index (χ0n) is 14.0. The van der Waals surface area contributed by atoms with Crippen molar-refractivity contribution in [3.8, 4) is 0 Å². The third-order valence-corrected chi connectivity index (χ3v) is 4.79. The molecule has 0 amide bonds. The fourth-order valence-electron chi connectivity index (χ4n) is 3.29. The Morgan fingerprint density at radius 2 is 2.00 bits per heavy atom. The maximum atomic E-state index is 4.80. The molecule has 0 atom stereocenters. The Bertz CT molecular complexity index is 391. The quantitative estimate of drug-likeness (QED) is 0.799. The highest BCUT2D eigenvalue weighted by Crippen LogP contribution is 2.17. The summed E-state index contributed by atoms with van der Waals surface area (Å²) in [4.78, 5) is 2.55. The number of rotatable bonds is 8. The van der Waals surface area contributed by atoms with E-state index in [-0.39, 0.29) is 0 Å². The van der Waals surface area contributed by atoms with Crippen molar-refractivity contribution in [3.63, 3.8) is 0 Å². The predicted octanol–water partition coefficient (Wildman–Crippen LogP) is 3.07. The number of hydrogen-bond donors (Lipinski definition) is 1. The fourth-order valence-corrected chi connectivity index (χ4v) is 3.29. The van der Waals surface area contributed by atoms with Crippen molar-refractivity contribution in [1.82, 2.24) is 20.0 Å². The summed E-state index contributed by atoms with van der Waals surface area (Å²) < 4.78 is 2.16. The molecule has 120 valence electrons. The Morgan fingerprint density at radius 1 is 1.29 bits per heavy atom. The average molecular weight is 292 g/mol. The van der Waals surface area contributed by atoms with E-state index in [4.69, 9.17) is 5.10 Å². The number of nitrogens with one attached hydrogen (secondary N) is 1. The van der Waals surface area contributed by atoms with Crippen molar-refractivity contribution in [1.29, 1.82) is 0 Å². The number of hydrogen-bond acceptors (Lipinski definition) is 3. The van der Waals surface area contributed by atoms with E-state index in [0.29, 0.717) is 6.04 Å². The van der Waals surface area contributed by atoms with E-state index >= 15 is 0 Å². The Morgan fingerprint density at radius 3 is 2.62 bits per heavy atom. The number of piperidine rings is 1. The minimum Gasteiger partial charge on any atom is -0.317 e. The minimum atomic E-state index is 0.554. The van der Waals surface area contributed by atoms with Gasteiger partial charge in [-0.2, -0.15) is 5.10 Å². The van der Waals surface area contributed by atoms with Gasteiger partial charge in [-0.1, -0.05) is 20.8 Å². The predicted molar refractivity (Wildman–Crippen MR) is 88.4 cm³/mol. The average Bonchev–Trinajstić information content (AvgIpc) is 2.97. The molecule has 0 bridgehead atoms. The summed E-state index contributed by atoms with van der Waals surface area (Å²) in [5.74, 6) is 0.854. The van der Waals surface area contributed by atoms with E-state index in [1.54, 1.807) is 0 Å². The lowest BCUT2D eigenvalue weighted by molar-refractivity contribution is 0.204. The molecule has 2 heterocycles. The van der Waals surface area contributed by atoms with Crippen LogP contribution in [-0.4, -0.2) is 40.9 Å². The van der Waals surface area contributed by atoms with Gasteiger partial charge in [0.2, 0.25) is 0 Å². The summed E-state index contributed by atoms with van der Waals surface area (Å²) in [6.07, 6.45) is 7.11. The Labute approximate surface area is 129 Å². The second-order valence-corrected chi connectivity index (χ2v) is 6.28. The van der Waals surface area contributed by atoms with Crippen molar-refractivity contribution in [2.24, 2.45) is 5.92 Å². The summed E-state index contributed by atoms with van der Waals surface area (Å²) in [7, 11) is 0. The summed E-state index contributed by atoms with van der Waals surface area (Å²) in [6.45, 7) is 12.4. The molecule has 4 heteroatoms. The van der Waals surface area contributed by atoms with E-state index in [1.165, 1.54) is 38.2 Å². The summed E-state index contributed by atoms with van der Waals surface area (Å²) in [6, 6.07) is 2.75. The molecular weight excluding hydrogens is 260 g/mol. The van der Waals surface area contributed by atoms with Crippen molar-refractivity contribution < 1.29 is 0 Å². The van der Waals surface area contributed by atoms with Crippen LogP contribution in [0.4, 0.5) is 0 Å². The highest BCUT2D eigenvalue weighted by molar-refractivity contribution is 5.00. The third kappa shape index (κ3) is 4.82. The fraction of sp³-hybridized carbons (Fsp3) is 0.824. The molecule has 1 aromatic heterocycles. The van der Waals surface area contributed by atoms with Crippen molar-refractivity contribution >= 4 is 0 Å². The molecule has 0 spiro atoms. The van der Waals surface area contributed by atoms with Gasteiger partial charge >= 0.3 is 0 Å². The lowest BCUT2D eigenvalue weighted by Crippen LogP contribution is -2.36. The lowest BCUT2D eigenvalue weighted by atomic mass is 9.97. The zero-order chi connectivity index (χ0) is 15.1. The van der Waals surface area contributed by atoms with Gasteiger partial charge in [-0.25, -0.2) is 0 Å². The van der Waals surface area contributed by atoms with Gasteiger partial charge in [-0.05, 0) is 57.3 Å². The minimum absolute atomic E-state index is 0.554. The molecule has 1 aliphatic rings. The van der Waals surface area contributed by atoms with Gasteiger partial charge in [0.15, 0.2) is 0 Å². The summed E-state index contributed by atoms with van der Waals surface area (Å²) >= 11 is 0. The third-order valence-electron chi connectivity index (χ3n) is 4.79. The maximum Gasteiger partial charge on any atom is 0.0764 e. The maximum absolute atomic E-state index is 4.80. The number of nitrogens with zero attached hydrogens (tertiary/aromatic N) is 3. The van der Waals surface area contributed by atoms with Gasteiger partial charge < -0.3 is 5.32 Å². The molecular formula is C17H32N4. The van der Waals surface area contributed by atoms with Crippen LogP contribution in [-0.2, 0) is 6.54 Å². The molecule has 1 fully saturated rings. The van der Waals surface area contributed by atoms with Crippen LogP contribution in [0.1, 0.15) is 58.2 Å². The first-order valence-electron chi connectivity index (χ1n) is 8.73. The van der Waals surface area contributed by atoms with E-state index in [2.05, 4.69) is 47.9 Å². The van der Waals surface area contributed by atoms with Gasteiger partial charge in [-0.3, -0.25) is 9.58 Å². The van der Waals surface area contributed by atoms with Crippen LogP contribution in [0.2, 0.25) is 0 Å². The van der Waals surface area contributed by atoms with Crippen molar-refractivity contribution in [3.05, 3.63) is 18.0 Å². The van der Waals surface area contributed by atoms with Crippen LogP contribution >= 0.6 is 0 Å². The van der Waals surface area contributed by atoms with Gasteiger partial charge in [0.25, 0.3) is 0 Å². The molecule has 1 aromatic rings. The summed E-state index contributed by atoms with van der Waals surface area (Å²) in [5.41, 5.74) is 1.22. The van der Waals surface area contributed by atoms with Crippen molar-refractivity contribution in [2.45, 2.75) is 59.0 Å². The standard InChI is InChI=1S/C17H32N4/c1-4-17(5-2)21-12-9-16(19-21)14-20(6-3)13-15-7-10-18-11-8-15/h9,12,15,17-18H,4-8,10-11,13-14H2,1-3H3. The molecule has 0 saturated carbocycles. The highest BCUT2D eigenvalue weighted by atomic mass is 15.3. The van der Waals surface area contributed by atoms with Gasteiger partial charge in [0.05, 0.1) is 11.7 Å². The van der Waals surface area contributed by atoms with Crippen LogP contribution < -0.4 is 5.32 Å². The van der Waals surface area contributed by atoms with Gasteiger partial charge in [-0.15, -0.1) is 0 Å². The van der Waals surface area contributed by atoms with Crippen LogP contribution in [0.25, 0.3) is 0 Å². The molecule has 0 aromatic carbocycles. The zero-order valence-corrected chi connectivity index (χ0v) is 14.0. The van der Waals surface area contributed by atoms with E-state index in [0.717, 1.165) is 31.8 Å². The van der Waals surface area contributed by atoms with E-state index < -0.39 is 0 Å². The molecule has 4 nitrogen and oxygen atoms in total. The van der Waals surface area contributed by atoms with Crippen molar-refractivity contribution in [2.75, 3.05) is 26.2 Å². The SMILES string of the molecule is CCC(CC)n1ccc(CN(CC)CC2CCNCC2)n1. The molecule has 1 saturated heterocycles. The van der Waals surface area contributed by atoms with E-state index in [1.807, 2.05) is 0 Å². The Balaban J connectivity index is 1.88. The van der Waals surface area contributed by atoms with Crippen LogP contribution in [0.3, 0.4) is 0 Å². The first kappa shape index (κ1) is 16.5. The normalized spacial score (nSPS) is 17.0. The van der Waals surface area contributed by atoms with Gasteiger partial charge in [0.1, 0.15) is 0 Å². The second kappa shape index (κ2) is 8.54. The van der Waals surface area contributed by atoms with E-state index in [9.17, 15) is 0 Å². The summed E-state index contributed by atoms with van der Waals surface area (Å²) in [5, 5.41) is 8.25. The smallest absolute Gasteiger partial charge is 0.0764 e. The second-order valence-electron chi connectivity index (χ2n) is 6.28. The first-order chi connectivity index (χ1) is 10.3. The van der Waals surface area contributed by atoms with Crippen LogP contribution in [0.5, 0.6) is 0 Å². The molecule has 21 heavy (non-hydrogen) atoms. The molecule has 2 rings (SSSR count). The molecule has 0 unspecified atom stereocenters. The Kier molecular flexibility index (Phi) is 6.71. The van der Waals surface area contributed by atoms with Gasteiger partial charge in [0, 0.05) is 19.3 Å². The van der Waals surface area contributed by atoms with Crippen LogP contribution in [0, 0.1) is 5.92 Å². The molecule has 1 aliphatic heterocycles.